The molecule has 1 heterocycles. The van der Waals surface area contributed by atoms with Crippen molar-refractivity contribution in [2.75, 3.05) is 4.90 Å². The second-order valence-electron chi connectivity index (χ2n) is 8.58. The van der Waals surface area contributed by atoms with Crippen molar-refractivity contribution in [2.45, 2.75) is 32.2 Å². The lowest BCUT2D eigenvalue weighted by Crippen LogP contribution is -2.35. The van der Waals surface area contributed by atoms with Crippen LogP contribution in [0.15, 0.2) is 84.9 Å². The maximum atomic E-state index is 12.1. The van der Waals surface area contributed by atoms with Crippen molar-refractivity contribution in [2.24, 2.45) is 0 Å². The van der Waals surface area contributed by atoms with Crippen LogP contribution in [0.4, 0.5) is 11.4 Å². The number of carboxylic acids is 1. The first kappa shape index (κ1) is 19.4. The fraction of sp³-hybridized carbons (Fsp3) is 0.179. The zero-order valence-electron chi connectivity index (χ0n) is 17.7. The number of hydrogen-bond acceptors (Lipinski definition) is 2. The normalized spacial score (nSPS) is 15.5. The summed E-state index contributed by atoms with van der Waals surface area (Å²) in [4.78, 5) is 14.1. The Bertz CT molecular complexity index is 1270. The summed E-state index contributed by atoms with van der Waals surface area (Å²) < 4.78 is 0. The summed E-state index contributed by atoms with van der Waals surface area (Å²) >= 11 is 0. The average molecular weight is 408 g/mol. The van der Waals surface area contributed by atoms with E-state index in [-0.39, 0.29) is 0 Å². The predicted octanol–water partition coefficient (Wildman–Crippen LogP) is 6.78. The molecule has 1 aliphatic rings. The van der Waals surface area contributed by atoms with Gasteiger partial charge in [-0.3, -0.25) is 0 Å². The number of fused-ring (bicyclic) bond motifs is 2. The second-order valence-corrected chi connectivity index (χ2v) is 8.58. The maximum absolute atomic E-state index is 12.1. The van der Waals surface area contributed by atoms with E-state index in [1.54, 1.807) is 0 Å². The van der Waals surface area contributed by atoms with Crippen LogP contribution in [-0.4, -0.2) is 17.1 Å². The summed E-state index contributed by atoms with van der Waals surface area (Å²) in [6.07, 6.45) is 0.495. The van der Waals surface area contributed by atoms with Crippen LogP contribution in [0.25, 0.3) is 21.9 Å². The Hall–Kier alpha value is -3.59. The van der Waals surface area contributed by atoms with Gasteiger partial charge in [-0.25, -0.2) is 4.79 Å². The van der Waals surface area contributed by atoms with Gasteiger partial charge in [0.05, 0.1) is 0 Å². The highest BCUT2D eigenvalue weighted by molar-refractivity contribution is 5.92. The number of carbonyl (C=O) groups is 1. The lowest BCUT2D eigenvalue weighted by Gasteiger charge is -2.25. The SMILES string of the molecule is CC(C)c1ccc(-c2ccc3c(c2)CC(C(=O)O)N3c2ccc3ccccc3c2)cc1. The van der Waals surface area contributed by atoms with E-state index in [0.29, 0.717) is 12.3 Å². The first-order valence-corrected chi connectivity index (χ1v) is 10.8. The van der Waals surface area contributed by atoms with Crippen molar-refractivity contribution in [3.8, 4) is 11.1 Å². The predicted molar refractivity (Wildman–Crippen MR) is 127 cm³/mol. The summed E-state index contributed by atoms with van der Waals surface area (Å²) in [7, 11) is 0. The van der Waals surface area contributed by atoms with Crippen LogP contribution >= 0.6 is 0 Å². The minimum absolute atomic E-state index is 0.495. The van der Waals surface area contributed by atoms with Crippen molar-refractivity contribution in [3.05, 3.63) is 96.1 Å². The van der Waals surface area contributed by atoms with Crippen LogP contribution in [0.3, 0.4) is 0 Å². The topological polar surface area (TPSA) is 40.5 Å². The van der Waals surface area contributed by atoms with Gasteiger partial charge in [0.2, 0.25) is 0 Å². The molecule has 0 saturated heterocycles. The number of benzene rings is 4. The highest BCUT2D eigenvalue weighted by Gasteiger charge is 2.35. The minimum Gasteiger partial charge on any atom is -0.480 e. The van der Waals surface area contributed by atoms with E-state index in [2.05, 4.69) is 80.6 Å². The summed E-state index contributed by atoms with van der Waals surface area (Å²) in [5, 5.41) is 12.2. The molecular formula is C28H25NO2. The molecule has 31 heavy (non-hydrogen) atoms. The molecule has 3 heteroatoms. The summed E-state index contributed by atoms with van der Waals surface area (Å²) in [5.74, 6) is -0.298. The van der Waals surface area contributed by atoms with E-state index in [0.717, 1.165) is 38.8 Å². The highest BCUT2D eigenvalue weighted by atomic mass is 16.4. The largest absolute Gasteiger partial charge is 0.480 e. The number of aliphatic carboxylic acids is 1. The molecule has 0 spiro atoms. The van der Waals surface area contributed by atoms with Gasteiger partial charge in [0, 0.05) is 17.8 Å². The van der Waals surface area contributed by atoms with Crippen molar-refractivity contribution >= 4 is 28.1 Å². The summed E-state index contributed by atoms with van der Waals surface area (Å²) in [6.45, 7) is 4.38. The van der Waals surface area contributed by atoms with Crippen molar-refractivity contribution in [3.63, 3.8) is 0 Å². The first-order chi connectivity index (χ1) is 15.0. The molecule has 154 valence electrons. The van der Waals surface area contributed by atoms with Gasteiger partial charge in [0.25, 0.3) is 0 Å². The smallest absolute Gasteiger partial charge is 0.327 e. The van der Waals surface area contributed by atoms with Crippen LogP contribution in [0.2, 0.25) is 0 Å². The van der Waals surface area contributed by atoms with Gasteiger partial charge in [0.15, 0.2) is 0 Å². The molecule has 0 aromatic heterocycles. The van der Waals surface area contributed by atoms with E-state index >= 15 is 0 Å². The fourth-order valence-corrected chi connectivity index (χ4v) is 4.53. The quantitative estimate of drug-likeness (QED) is 0.405. The van der Waals surface area contributed by atoms with E-state index in [1.807, 2.05) is 23.1 Å². The molecule has 1 aliphatic heterocycles. The Balaban J connectivity index is 1.55. The molecular weight excluding hydrogens is 382 g/mol. The Labute approximate surface area is 182 Å². The first-order valence-electron chi connectivity index (χ1n) is 10.8. The molecule has 3 nitrogen and oxygen atoms in total. The number of nitrogens with zero attached hydrogens (tertiary/aromatic N) is 1. The van der Waals surface area contributed by atoms with Gasteiger partial charge < -0.3 is 10.0 Å². The highest BCUT2D eigenvalue weighted by Crippen LogP contribution is 2.41. The lowest BCUT2D eigenvalue weighted by atomic mass is 9.97. The monoisotopic (exact) mass is 407 g/mol. The van der Waals surface area contributed by atoms with E-state index in [4.69, 9.17) is 0 Å². The van der Waals surface area contributed by atoms with Gasteiger partial charge in [-0.2, -0.15) is 0 Å². The van der Waals surface area contributed by atoms with Gasteiger partial charge in [-0.05, 0) is 63.2 Å². The molecule has 0 aliphatic carbocycles. The maximum Gasteiger partial charge on any atom is 0.327 e. The summed E-state index contributed by atoms with van der Waals surface area (Å²) in [6, 6.07) is 28.7. The van der Waals surface area contributed by atoms with Crippen molar-refractivity contribution < 1.29 is 9.90 Å². The zero-order chi connectivity index (χ0) is 21.5. The molecule has 0 bridgehead atoms. The van der Waals surface area contributed by atoms with Crippen molar-refractivity contribution in [1.82, 2.24) is 0 Å². The Morgan fingerprint density at radius 2 is 1.58 bits per heavy atom. The third kappa shape index (κ3) is 3.46. The number of carboxylic acid groups (broad SMARTS) is 1. The van der Waals surface area contributed by atoms with E-state index in [1.165, 1.54) is 5.56 Å². The molecule has 1 unspecified atom stereocenters. The molecule has 0 fully saturated rings. The minimum atomic E-state index is -0.799. The lowest BCUT2D eigenvalue weighted by molar-refractivity contribution is -0.138. The third-order valence-electron chi connectivity index (χ3n) is 6.27. The van der Waals surface area contributed by atoms with E-state index in [9.17, 15) is 9.90 Å². The Morgan fingerprint density at radius 1 is 0.871 bits per heavy atom. The summed E-state index contributed by atoms with van der Waals surface area (Å²) in [5.41, 5.74) is 6.57. The number of rotatable bonds is 4. The molecule has 0 saturated carbocycles. The van der Waals surface area contributed by atoms with Crippen molar-refractivity contribution in [1.29, 1.82) is 0 Å². The second kappa shape index (κ2) is 7.59. The van der Waals surface area contributed by atoms with Crippen LogP contribution in [0.1, 0.15) is 30.9 Å². The van der Waals surface area contributed by atoms with Gasteiger partial charge >= 0.3 is 5.97 Å². The molecule has 0 amide bonds. The van der Waals surface area contributed by atoms with Crippen LogP contribution < -0.4 is 4.90 Å². The molecule has 1 N–H and O–H groups in total. The number of hydrogen-bond donors (Lipinski definition) is 1. The molecule has 1 atom stereocenters. The van der Waals surface area contributed by atoms with E-state index < -0.39 is 12.0 Å². The van der Waals surface area contributed by atoms with Gasteiger partial charge in [-0.15, -0.1) is 0 Å². The Morgan fingerprint density at radius 3 is 2.29 bits per heavy atom. The zero-order valence-corrected chi connectivity index (χ0v) is 17.7. The molecule has 4 aromatic carbocycles. The third-order valence-corrected chi connectivity index (χ3v) is 6.27. The molecule has 4 aromatic rings. The van der Waals surface area contributed by atoms with Crippen LogP contribution in [-0.2, 0) is 11.2 Å². The number of anilines is 2. The van der Waals surface area contributed by atoms with Crippen LogP contribution in [0.5, 0.6) is 0 Å². The van der Waals surface area contributed by atoms with Gasteiger partial charge in [0.1, 0.15) is 6.04 Å². The molecule has 0 radical (unpaired) electrons. The Kier molecular flexibility index (Phi) is 4.74. The fourth-order valence-electron chi connectivity index (χ4n) is 4.53. The van der Waals surface area contributed by atoms with Gasteiger partial charge in [-0.1, -0.05) is 74.5 Å². The van der Waals surface area contributed by atoms with Crippen LogP contribution in [0, 0.1) is 0 Å². The standard InChI is InChI=1S/C28H25NO2/c1-18(2)19-7-9-21(10-8-19)23-12-14-26-24(15-23)17-27(28(30)31)29(26)25-13-11-20-5-3-4-6-22(20)16-25/h3-16,18,27H,17H2,1-2H3,(H,30,31). The average Bonchev–Trinajstić information content (AvgIpc) is 3.18. The molecule has 5 rings (SSSR count).